The average molecular weight is 717 g/mol. The van der Waals surface area contributed by atoms with Crippen LogP contribution >= 0.6 is 7.60 Å². The maximum Gasteiger partial charge on any atom is 0.421 e. The number of carbonyl (C=O) groups excluding carboxylic acids is 2. The SMILES string of the molecule is CCOP1(=O)Cc2ccc(c(OC)c2)Nc2ncc(C(F)(F)F)c(n2)Nc2ccc(nc2C(=O)NC)-c2cc(C(=O)N(C)C)n(c2)CCCO1. The van der Waals surface area contributed by atoms with E-state index in [0.717, 1.165) is 0 Å². The van der Waals surface area contributed by atoms with E-state index in [9.17, 15) is 27.3 Å². The van der Waals surface area contributed by atoms with E-state index >= 15 is 0 Å². The molecule has 18 heteroatoms. The molecule has 3 aromatic heterocycles. The predicted molar refractivity (Wildman–Crippen MR) is 179 cm³/mol. The summed E-state index contributed by atoms with van der Waals surface area (Å²) in [5.41, 5.74) is 0.431. The second kappa shape index (κ2) is 14.9. The van der Waals surface area contributed by atoms with Crippen LogP contribution in [0.5, 0.6) is 5.75 Å². The Morgan fingerprint density at radius 1 is 1.12 bits per heavy atom. The highest BCUT2D eigenvalue weighted by Crippen LogP contribution is 2.52. The molecule has 1 aromatic carbocycles. The largest absolute Gasteiger partial charge is 0.495 e. The average Bonchev–Trinajstić information content (AvgIpc) is 3.50. The molecule has 0 saturated carbocycles. The third-order valence-electron chi connectivity index (χ3n) is 7.55. The van der Waals surface area contributed by atoms with Crippen molar-refractivity contribution in [3.05, 3.63) is 71.3 Å². The van der Waals surface area contributed by atoms with Crippen LogP contribution in [-0.4, -0.2) is 77.7 Å². The van der Waals surface area contributed by atoms with Gasteiger partial charge in [-0.25, -0.2) is 9.97 Å². The van der Waals surface area contributed by atoms with Crippen LogP contribution in [0.1, 0.15) is 45.4 Å². The van der Waals surface area contributed by atoms with Crippen LogP contribution < -0.4 is 20.7 Å². The number of rotatable bonds is 5. The number of amides is 2. The number of hydrogen-bond donors (Lipinski definition) is 3. The molecule has 1 unspecified atom stereocenters. The number of aryl methyl sites for hydroxylation is 1. The van der Waals surface area contributed by atoms with Crippen LogP contribution in [0, 0.1) is 0 Å². The molecule has 0 saturated heterocycles. The number of halogens is 3. The van der Waals surface area contributed by atoms with Gasteiger partial charge in [0.15, 0.2) is 5.69 Å². The first kappa shape index (κ1) is 36.3. The van der Waals surface area contributed by atoms with Gasteiger partial charge in [0.05, 0.1) is 43.6 Å². The molecule has 4 aliphatic rings. The molecule has 0 spiro atoms. The second-order valence-electron chi connectivity index (χ2n) is 11.3. The molecule has 8 rings (SSSR count). The van der Waals surface area contributed by atoms with E-state index in [0.29, 0.717) is 35.1 Å². The fraction of sp³-hybridized carbons (Fsp3) is 0.344. The summed E-state index contributed by atoms with van der Waals surface area (Å²) in [5.74, 6) is -1.60. The predicted octanol–water partition coefficient (Wildman–Crippen LogP) is 6.07. The molecule has 8 bridgehead atoms. The molecule has 2 amide bonds. The molecule has 1 atom stereocenters. The molecule has 266 valence electrons. The van der Waals surface area contributed by atoms with Crippen LogP contribution in [0.15, 0.2) is 48.8 Å². The molecule has 4 aromatic rings. The number of hydrogen-bond acceptors (Lipinski definition) is 11. The Balaban J connectivity index is 1.67. The minimum Gasteiger partial charge on any atom is -0.495 e. The zero-order valence-corrected chi connectivity index (χ0v) is 28.8. The van der Waals surface area contributed by atoms with Gasteiger partial charge in [0.2, 0.25) is 5.95 Å². The van der Waals surface area contributed by atoms with Gasteiger partial charge in [-0.1, -0.05) is 6.07 Å². The highest BCUT2D eigenvalue weighted by Gasteiger charge is 2.36. The standard InChI is InChI=1S/C32H36F3N8O6P/c1-6-48-50(46)18-19-8-9-23(26(14-19)47-5)40-31-37-16-21(32(33,34)35)28(41-31)39-24-11-10-22(38-27(24)29(44)36-2)20-15-25(30(45)42(3)4)43(17-20)12-7-13-49-50/h8-11,14-17H,6-7,12-13,18H2,1-5H3,(H,36,44)(H2,37,39,40,41). The molecule has 0 radical (unpaired) electrons. The molecular weight excluding hydrogens is 680 g/mol. The lowest BCUT2D eigenvalue weighted by atomic mass is 10.1. The van der Waals surface area contributed by atoms with Crippen LogP contribution in [-0.2, 0) is 32.5 Å². The van der Waals surface area contributed by atoms with Gasteiger partial charge in [0, 0.05) is 45.6 Å². The minimum absolute atomic E-state index is 0.0458. The number of alkyl halides is 3. The number of ether oxygens (including phenoxy) is 1. The smallest absolute Gasteiger partial charge is 0.421 e. The number of aromatic nitrogens is 4. The van der Waals surface area contributed by atoms with Crippen LogP contribution in [0.4, 0.5) is 36.3 Å². The van der Waals surface area contributed by atoms with E-state index in [4.69, 9.17) is 13.8 Å². The minimum atomic E-state index is -4.86. The normalized spacial score (nSPS) is 16.4. The highest BCUT2D eigenvalue weighted by molar-refractivity contribution is 7.53. The van der Waals surface area contributed by atoms with E-state index in [1.807, 2.05) is 0 Å². The van der Waals surface area contributed by atoms with Gasteiger partial charge in [-0.15, -0.1) is 0 Å². The fourth-order valence-corrected chi connectivity index (χ4v) is 6.88. The summed E-state index contributed by atoms with van der Waals surface area (Å²) in [6.07, 6.45) is -2.31. The van der Waals surface area contributed by atoms with E-state index in [-0.39, 0.29) is 60.6 Å². The lowest BCUT2D eigenvalue weighted by Crippen LogP contribution is -2.24. The Morgan fingerprint density at radius 2 is 1.88 bits per heavy atom. The Hall–Kier alpha value is -4.99. The van der Waals surface area contributed by atoms with Crippen molar-refractivity contribution in [2.75, 3.05) is 52.1 Å². The zero-order valence-electron chi connectivity index (χ0n) is 27.9. The monoisotopic (exact) mass is 716 g/mol. The van der Waals surface area contributed by atoms with Crippen molar-refractivity contribution in [2.45, 2.75) is 32.2 Å². The summed E-state index contributed by atoms with van der Waals surface area (Å²) in [7, 11) is 2.31. The Kier molecular flexibility index (Phi) is 10.8. The number of nitrogens with one attached hydrogen (secondary N) is 3. The fourth-order valence-electron chi connectivity index (χ4n) is 5.17. The number of anilines is 4. The van der Waals surface area contributed by atoms with Gasteiger partial charge < -0.3 is 39.2 Å². The van der Waals surface area contributed by atoms with Crippen molar-refractivity contribution >= 4 is 42.6 Å². The van der Waals surface area contributed by atoms with Crippen LogP contribution in [0.3, 0.4) is 0 Å². The lowest BCUT2D eigenvalue weighted by molar-refractivity contribution is -0.137. The zero-order chi connectivity index (χ0) is 36.2. The molecule has 3 N–H and O–H groups in total. The topological polar surface area (TPSA) is 162 Å². The lowest BCUT2D eigenvalue weighted by Gasteiger charge is -2.20. The van der Waals surface area contributed by atoms with Gasteiger partial charge in [-0.05, 0) is 49.2 Å². The van der Waals surface area contributed by atoms with Gasteiger partial charge in [-0.3, -0.25) is 14.2 Å². The summed E-state index contributed by atoms with van der Waals surface area (Å²) in [4.78, 5) is 40.1. The van der Waals surface area contributed by atoms with Gasteiger partial charge in [0.25, 0.3) is 11.8 Å². The summed E-state index contributed by atoms with van der Waals surface area (Å²) in [6.45, 7) is 2.15. The maximum absolute atomic E-state index is 14.2. The summed E-state index contributed by atoms with van der Waals surface area (Å²) in [5, 5.41) is 7.96. The Bertz CT molecular complexity index is 1950. The van der Waals surface area contributed by atoms with Crippen molar-refractivity contribution in [2.24, 2.45) is 0 Å². The summed E-state index contributed by atoms with van der Waals surface area (Å²) >= 11 is 0. The van der Waals surface area contributed by atoms with E-state index in [1.54, 1.807) is 56.0 Å². The first-order valence-corrected chi connectivity index (χ1v) is 17.2. The first-order valence-electron chi connectivity index (χ1n) is 15.4. The summed E-state index contributed by atoms with van der Waals surface area (Å²) in [6, 6.07) is 9.32. The summed E-state index contributed by atoms with van der Waals surface area (Å²) < 4.78 is 74.9. The van der Waals surface area contributed by atoms with Crippen LogP contribution in [0.2, 0.25) is 0 Å². The maximum atomic E-state index is 14.2. The molecule has 4 aliphatic heterocycles. The number of benzene rings is 1. The van der Waals surface area contributed by atoms with E-state index in [1.165, 1.54) is 31.2 Å². The molecule has 7 heterocycles. The molecule has 0 fully saturated rings. The van der Waals surface area contributed by atoms with Gasteiger partial charge >= 0.3 is 13.8 Å². The van der Waals surface area contributed by atoms with Gasteiger partial charge in [-0.2, -0.15) is 18.2 Å². The van der Waals surface area contributed by atoms with Crippen molar-refractivity contribution in [1.29, 1.82) is 0 Å². The third-order valence-corrected chi connectivity index (χ3v) is 9.53. The van der Waals surface area contributed by atoms with Crippen molar-refractivity contribution in [1.82, 2.24) is 29.7 Å². The Labute approximate surface area is 285 Å². The number of nitrogens with zero attached hydrogens (tertiary/aromatic N) is 5. The molecule has 14 nitrogen and oxygen atoms in total. The number of carbonyl (C=O) groups is 2. The third kappa shape index (κ3) is 8.07. The van der Waals surface area contributed by atoms with Crippen molar-refractivity contribution in [3.8, 4) is 17.0 Å². The number of methoxy groups -OCH3 is 1. The van der Waals surface area contributed by atoms with Crippen molar-refractivity contribution in [3.63, 3.8) is 0 Å². The molecular formula is C32H36F3N8O6P. The first-order chi connectivity index (χ1) is 23.7. The van der Waals surface area contributed by atoms with E-state index in [2.05, 4.69) is 30.9 Å². The van der Waals surface area contributed by atoms with E-state index < -0.39 is 31.1 Å². The number of pyridine rings is 1. The molecule has 50 heavy (non-hydrogen) atoms. The quantitative estimate of drug-likeness (QED) is 0.206. The Morgan fingerprint density at radius 3 is 2.56 bits per heavy atom. The molecule has 0 aliphatic carbocycles. The van der Waals surface area contributed by atoms with Crippen molar-refractivity contribution < 1.29 is 41.1 Å². The van der Waals surface area contributed by atoms with Crippen LogP contribution in [0.25, 0.3) is 11.3 Å². The second-order valence-corrected chi connectivity index (χ2v) is 13.3. The highest BCUT2D eigenvalue weighted by atomic mass is 31.2. The van der Waals surface area contributed by atoms with Gasteiger partial charge in [0.1, 0.15) is 22.8 Å².